The lowest BCUT2D eigenvalue weighted by molar-refractivity contribution is -0.200. The summed E-state index contributed by atoms with van der Waals surface area (Å²) in [5.74, 6) is -0.646. The Balaban J connectivity index is 1.97. The maximum atomic E-state index is 5.98. The van der Waals surface area contributed by atoms with E-state index >= 15 is 0 Å². The van der Waals surface area contributed by atoms with Crippen molar-refractivity contribution in [1.82, 2.24) is 0 Å². The van der Waals surface area contributed by atoms with E-state index in [1.807, 2.05) is 24.3 Å². The van der Waals surface area contributed by atoms with Crippen LogP contribution in [-0.4, -0.2) is 0 Å². The summed E-state index contributed by atoms with van der Waals surface area (Å²) in [7, 11) is 0. The van der Waals surface area contributed by atoms with Crippen molar-refractivity contribution in [2.24, 2.45) is 0 Å². The highest BCUT2D eigenvalue weighted by atomic mass is 16.7. The third-order valence-electron chi connectivity index (χ3n) is 3.61. The molecule has 2 aliphatic rings. The van der Waals surface area contributed by atoms with E-state index in [1.54, 1.807) is 0 Å². The highest BCUT2D eigenvalue weighted by molar-refractivity contribution is 5.46. The van der Waals surface area contributed by atoms with E-state index in [1.165, 1.54) is 11.1 Å². The first-order valence-corrected chi connectivity index (χ1v) is 5.85. The van der Waals surface area contributed by atoms with Crippen LogP contribution in [0.1, 0.15) is 22.3 Å². The predicted octanol–water partition coefficient (Wildman–Crippen LogP) is 2.95. The molecule has 17 heavy (non-hydrogen) atoms. The predicted molar refractivity (Wildman–Crippen MR) is 63.2 cm³/mol. The van der Waals surface area contributed by atoms with Crippen LogP contribution >= 0.6 is 0 Å². The third kappa shape index (κ3) is 1.11. The van der Waals surface area contributed by atoms with Gasteiger partial charge >= 0.3 is 0 Å². The highest BCUT2D eigenvalue weighted by Crippen LogP contribution is 2.48. The lowest BCUT2D eigenvalue weighted by Crippen LogP contribution is -2.25. The molecule has 2 heteroatoms. The molecule has 0 atom stereocenters. The van der Waals surface area contributed by atoms with Gasteiger partial charge in [-0.2, -0.15) is 0 Å². The van der Waals surface area contributed by atoms with E-state index in [2.05, 4.69) is 24.3 Å². The molecule has 0 aromatic heterocycles. The van der Waals surface area contributed by atoms with Gasteiger partial charge in [-0.25, -0.2) is 0 Å². The monoisotopic (exact) mass is 224 g/mol. The summed E-state index contributed by atoms with van der Waals surface area (Å²) in [6.07, 6.45) is 0. The van der Waals surface area contributed by atoms with Crippen LogP contribution in [0.25, 0.3) is 0 Å². The van der Waals surface area contributed by atoms with Gasteiger partial charge in [-0.15, -0.1) is 0 Å². The van der Waals surface area contributed by atoms with E-state index in [0.717, 1.165) is 11.1 Å². The minimum atomic E-state index is -0.646. The topological polar surface area (TPSA) is 18.5 Å². The van der Waals surface area contributed by atoms with Crippen LogP contribution < -0.4 is 0 Å². The maximum Gasteiger partial charge on any atom is 0.223 e. The van der Waals surface area contributed by atoms with Crippen molar-refractivity contribution in [3.63, 3.8) is 0 Å². The standard InChI is InChI=1S/C15H12O2/c1-3-7-13-11(5-1)9-16-15(13)14-8-4-2-6-12(14)10-17-15/h1-8H,9-10H2. The number of benzene rings is 2. The van der Waals surface area contributed by atoms with E-state index < -0.39 is 5.79 Å². The molecule has 0 aliphatic carbocycles. The molecule has 0 unspecified atom stereocenters. The minimum Gasteiger partial charge on any atom is -0.337 e. The van der Waals surface area contributed by atoms with Crippen molar-refractivity contribution in [2.75, 3.05) is 0 Å². The van der Waals surface area contributed by atoms with Crippen molar-refractivity contribution < 1.29 is 9.47 Å². The summed E-state index contributed by atoms with van der Waals surface area (Å²) in [5, 5.41) is 0. The van der Waals surface area contributed by atoms with Gasteiger partial charge in [0, 0.05) is 11.1 Å². The zero-order valence-electron chi connectivity index (χ0n) is 9.35. The fraction of sp³-hybridized carbons (Fsp3) is 0.200. The summed E-state index contributed by atoms with van der Waals surface area (Å²) in [4.78, 5) is 0. The summed E-state index contributed by atoms with van der Waals surface area (Å²) in [6, 6.07) is 16.6. The van der Waals surface area contributed by atoms with Crippen molar-refractivity contribution in [3.8, 4) is 0 Å². The van der Waals surface area contributed by atoms with Gasteiger partial charge in [0.05, 0.1) is 13.2 Å². The second-order valence-corrected chi connectivity index (χ2v) is 4.51. The maximum absolute atomic E-state index is 5.98. The van der Waals surface area contributed by atoms with Gasteiger partial charge in [0.15, 0.2) is 0 Å². The fourth-order valence-corrected chi connectivity index (χ4v) is 2.79. The van der Waals surface area contributed by atoms with E-state index in [-0.39, 0.29) is 0 Å². The second kappa shape index (κ2) is 3.19. The summed E-state index contributed by atoms with van der Waals surface area (Å²) in [6.45, 7) is 1.26. The molecular weight excluding hydrogens is 212 g/mol. The van der Waals surface area contributed by atoms with Gasteiger partial charge in [-0.3, -0.25) is 0 Å². The van der Waals surface area contributed by atoms with Gasteiger partial charge in [-0.1, -0.05) is 48.5 Å². The smallest absolute Gasteiger partial charge is 0.223 e. The number of fused-ring (bicyclic) bond motifs is 4. The molecule has 4 rings (SSSR count). The molecule has 1 spiro atoms. The molecule has 0 saturated carbocycles. The number of hydrogen-bond donors (Lipinski definition) is 0. The van der Waals surface area contributed by atoms with Crippen LogP contribution in [0, 0.1) is 0 Å². The van der Waals surface area contributed by atoms with E-state index in [9.17, 15) is 0 Å². The molecule has 0 amide bonds. The summed E-state index contributed by atoms with van der Waals surface area (Å²) >= 11 is 0. The van der Waals surface area contributed by atoms with E-state index in [0.29, 0.717) is 13.2 Å². The summed E-state index contributed by atoms with van der Waals surface area (Å²) in [5.41, 5.74) is 4.77. The molecular formula is C15H12O2. The quantitative estimate of drug-likeness (QED) is 0.685. The van der Waals surface area contributed by atoms with Crippen molar-refractivity contribution in [1.29, 1.82) is 0 Å². The normalized spacial score (nSPS) is 19.3. The SMILES string of the molecule is c1ccc2c(c1)COC21OCc2ccccc21. The molecule has 2 aromatic rings. The van der Waals surface area contributed by atoms with Crippen LogP contribution in [0.15, 0.2) is 48.5 Å². The Hall–Kier alpha value is -1.64. The van der Waals surface area contributed by atoms with Gasteiger partial charge in [0.25, 0.3) is 0 Å². The first-order chi connectivity index (χ1) is 8.40. The van der Waals surface area contributed by atoms with E-state index in [4.69, 9.17) is 9.47 Å². The third-order valence-corrected chi connectivity index (χ3v) is 3.61. The van der Waals surface area contributed by atoms with Gasteiger partial charge in [-0.05, 0) is 11.1 Å². The lowest BCUT2D eigenvalue weighted by atomic mass is 9.95. The Morgan fingerprint density at radius 3 is 1.71 bits per heavy atom. The molecule has 2 aliphatic heterocycles. The zero-order chi connectivity index (χ0) is 11.3. The highest BCUT2D eigenvalue weighted by Gasteiger charge is 2.47. The molecule has 2 nitrogen and oxygen atoms in total. The average molecular weight is 224 g/mol. The summed E-state index contributed by atoms with van der Waals surface area (Å²) < 4.78 is 12.0. The largest absolute Gasteiger partial charge is 0.337 e. The molecule has 0 bridgehead atoms. The minimum absolute atomic E-state index is 0.629. The zero-order valence-corrected chi connectivity index (χ0v) is 9.35. The van der Waals surface area contributed by atoms with Crippen LogP contribution in [0.2, 0.25) is 0 Å². The number of rotatable bonds is 0. The van der Waals surface area contributed by atoms with Crippen molar-refractivity contribution in [2.45, 2.75) is 19.0 Å². The van der Waals surface area contributed by atoms with Crippen LogP contribution in [0.3, 0.4) is 0 Å². The number of ether oxygens (including phenoxy) is 2. The van der Waals surface area contributed by atoms with Crippen LogP contribution in [-0.2, 0) is 28.5 Å². The molecule has 0 N–H and O–H groups in total. The Bertz CT molecular complexity index is 535. The average Bonchev–Trinajstić information content (AvgIpc) is 2.95. The second-order valence-electron chi connectivity index (χ2n) is 4.51. The van der Waals surface area contributed by atoms with Crippen molar-refractivity contribution >= 4 is 0 Å². The van der Waals surface area contributed by atoms with Gasteiger partial charge < -0.3 is 9.47 Å². The Morgan fingerprint density at radius 1 is 0.706 bits per heavy atom. The van der Waals surface area contributed by atoms with Crippen molar-refractivity contribution in [3.05, 3.63) is 70.8 Å². The Labute approximate surface area is 99.8 Å². The molecule has 0 radical (unpaired) electrons. The molecule has 2 heterocycles. The van der Waals surface area contributed by atoms with Gasteiger partial charge in [0.2, 0.25) is 5.79 Å². The Kier molecular flexibility index (Phi) is 1.76. The first kappa shape index (κ1) is 9.40. The van der Waals surface area contributed by atoms with Crippen LogP contribution in [0.4, 0.5) is 0 Å². The van der Waals surface area contributed by atoms with Crippen LogP contribution in [0.5, 0.6) is 0 Å². The Morgan fingerprint density at radius 2 is 1.18 bits per heavy atom. The lowest BCUT2D eigenvalue weighted by Gasteiger charge is -2.24. The molecule has 0 fully saturated rings. The van der Waals surface area contributed by atoms with Gasteiger partial charge in [0.1, 0.15) is 0 Å². The fourth-order valence-electron chi connectivity index (χ4n) is 2.79. The molecule has 84 valence electrons. The molecule has 2 aromatic carbocycles. The number of hydrogen-bond acceptors (Lipinski definition) is 2. The molecule has 0 saturated heterocycles. The first-order valence-electron chi connectivity index (χ1n) is 5.85.